The first-order valence-corrected chi connectivity index (χ1v) is 6.93. The smallest absolute Gasteiger partial charge is 0.117 e. The van der Waals surface area contributed by atoms with Crippen LogP contribution in [0.5, 0.6) is 0 Å². The first-order chi connectivity index (χ1) is 9.36. The zero-order chi connectivity index (χ0) is 13.1. The number of nitrogens with zero attached hydrogens (tertiary/aromatic N) is 3. The maximum atomic E-state index is 5.43. The van der Waals surface area contributed by atoms with Gasteiger partial charge in [-0.1, -0.05) is 6.92 Å². The molecule has 100 valence electrons. The Balaban J connectivity index is 1.74. The maximum Gasteiger partial charge on any atom is 0.117 e. The molecule has 0 fully saturated rings. The quantitative estimate of drug-likeness (QED) is 0.845. The van der Waals surface area contributed by atoms with Gasteiger partial charge < -0.3 is 4.42 Å². The summed E-state index contributed by atoms with van der Waals surface area (Å²) in [5.74, 6) is 1.03. The summed E-state index contributed by atoms with van der Waals surface area (Å²) in [5.41, 5.74) is 3.81. The number of furan rings is 1. The summed E-state index contributed by atoms with van der Waals surface area (Å²) in [5, 5.41) is 0. The zero-order valence-electron chi connectivity index (χ0n) is 11.3. The zero-order valence-corrected chi connectivity index (χ0v) is 11.3. The van der Waals surface area contributed by atoms with E-state index in [1.165, 1.54) is 17.0 Å². The van der Waals surface area contributed by atoms with Gasteiger partial charge in [-0.05, 0) is 30.5 Å². The number of fused-ring (bicyclic) bond motifs is 1. The van der Waals surface area contributed by atoms with E-state index in [1.807, 2.05) is 12.1 Å². The minimum absolute atomic E-state index is 0.885. The minimum atomic E-state index is 0.885. The molecule has 1 aliphatic rings. The van der Waals surface area contributed by atoms with Gasteiger partial charge in [-0.2, -0.15) is 0 Å². The standard InChI is InChI=1S/C15H19N3O/c1-2-14-13-5-7-18(10-12-4-3-9-19-12)8-6-15(13)17-11-16-14/h3-4,9,11H,2,5-8,10H2,1H3. The van der Waals surface area contributed by atoms with E-state index >= 15 is 0 Å². The number of rotatable bonds is 3. The third kappa shape index (κ3) is 2.68. The fourth-order valence-electron chi connectivity index (χ4n) is 2.73. The van der Waals surface area contributed by atoms with Crippen molar-refractivity contribution in [1.82, 2.24) is 14.9 Å². The molecule has 0 unspecified atom stereocenters. The summed E-state index contributed by atoms with van der Waals surface area (Å²) in [6.07, 6.45) is 6.48. The molecule has 0 saturated carbocycles. The summed E-state index contributed by atoms with van der Waals surface area (Å²) in [6.45, 7) is 5.13. The van der Waals surface area contributed by atoms with Gasteiger partial charge in [-0.3, -0.25) is 4.90 Å². The Kier molecular flexibility index (Phi) is 3.60. The van der Waals surface area contributed by atoms with Crippen LogP contribution in [0, 0.1) is 0 Å². The van der Waals surface area contributed by atoms with E-state index in [2.05, 4.69) is 21.8 Å². The molecule has 1 aliphatic heterocycles. The van der Waals surface area contributed by atoms with Crippen LogP contribution >= 0.6 is 0 Å². The van der Waals surface area contributed by atoms with Crippen LogP contribution in [0.15, 0.2) is 29.1 Å². The molecule has 0 radical (unpaired) electrons. The van der Waals surface area contributed by atoms with Gasteiger partial charge in [0.15, 0.2) is 0 Å². The maximum absolute atomic E-state index is 5.43. The lowest BCUT2D eigenvalue weighted by Crippen LogP contribution is -2.25. The van der Waals surface area contributed by atoms with Gasteiger partial charge in [-0.15, -0.1) is 0 Å². The van der Waals surface area contributed by atoms with Gasteiger partial charge in [0.05, 0.1) is 12.8 Å². The van der Waals surface area contributed by atoms with E-state index in [0.29, 0.717) is 0 Å². The predicted octanol–water partition coefficient (Wildman–Crippen LogP) is 2.23. The Hall–Kier alpha value is -1.68. The van der Waals surface area contributed by atoms with Crippen LogP contribution in [0.4, 0.5) is 0 Å². The molecule has 0 aliphatic carbocycles. The van der Waals surface area contributed by atoms with Gasteiger partial charge in [-0.25, -0.2) is 9.97 Å². The first kappa shape index (κ1) is 12.4. The topological polar surface area (TPSA) is 42.2 Å². The van der Waals surface area contributed by atoms with Crippen LogP contribution in [0.1, 0.15) is 29.6 Å². The van der Waals surface area contributed by atoms with Gasteiger partial charge in [0, 0.05) is 30.9 Å². The second-order valence-electron chi connectivity index (χ2n) is 4.95. The van der Waals surface area contributed by atoms with E-state index in [0.717, 1.165) is 44.7 Å². The monoisotopic (exact) mass is 257 g/mol. The lowest BCUT2D eigenvalue weighted by atomic mass is 10.1. The second kappa shape index (κ2) is 5.53. The molecule has 0 N–H and O–H groups in total. The Morgan fingerprint density at radius 3 is 2.95 bits per heavy atom. The molecule has 0 amide bonds. The van der Waals surface area contributed by atoms with Crippen LogP contribution in [-0.4, -0.2) is 28.0 Å². The highest BCUT2D eigenvalue weighted by Crippen LogP contribution is 2.18. The summed E-state index contributed by atoms with van der Waals surface area (Å²) in [6, 6.07) is 3.98. The molecule has 4 heteroatoms. The Labute approximate surface area is 113 Å². The van der Waals surface area contributed by atoms with Crippen molar-refractivity contribution < 1.29 is 4.42 Å². The molecule has 0 spiro atoms. The SMILES string of the molecule is CCc1ncnc2c1CCN(Cc1ccco1)CC2. The highest BCUT2D eigenvalue weighted by Gasteiger charge is 2.18. The molecule has 0 aromatic carbocycles. The van der Waals surface area contributed by atoms with E-state index < -0.39 is 0 Å². The minimum Gasteiger partial charge on any atom is -0.468 e. The van der Waals surface area contributed by atoms with Crippen LogP contribution in [-0.2, 0) is 25.8 Å². The van der Waals surface area contributed by atoms with Crippen molar-refractivity contribution in [3.8, 4) is 0 Å². The molecular formula is C15H19N3O. The van der Waals surface area contributed by atoms with E-state index in [1.54, 1.807) is 12.6 Å². The predicted molar refractivity (Wildman–Crippen MR) is 72.8 cm³/mol. The summed E-state index contributed by atoms with van der Waals surface area (Å²) >= 11 is 0. The number of hydrogen-bond acceptors (Lipinski definition) is 4. The summed E-state index contributed by atoms with van der Waals surface area (Å²) < 4.78 is 5.43. The third-order valence-corrected chi connectivity index (χ3v) is 3.76. The van der Waals surface area contributed by atoms with Crippen molar-refractivity contribution in [1.29, 1.82) is 0 Å². The van der Waals surface area contributed by atoms with Crippen molar-refractivity contribution in [2.45, 2.75) is 32.7 Å². The number of aryl methyl sites for hydroxylation is 1. The molecular weight excluding hydrogens is 238 g/mol. The van der Waals surface area contributed by atoms with E-state index in [9.17, 15) is 0 Å². The van der Waals surface area contributed by atoms with Crippen LogP contribution in [0.25, 0.3) is 0 Å². The third-order valence-electron chi connectivity index (χ3n) is 3.76. The fraction of sp³-hybridized carbons (Fsp3) is 0.467. The van der Waals surface area contributed by atoms with Gasteiger partial charge in [0.25, 0.3) is 0 Å². The van der Waals surface area contributed by atoms with Crippen molar-refractivity contribution in [3.63, 3.8) is 0 Å². The molecule has 0 saturated heterocycles. The number of aromatic nitrogens is 2. The highest BCUT2D eigenvalue weighted by atomic mass is 16.3. The van der Waals surface area contributed by atoms with Gasteiger partial charge in [0.1, 0.15) is 12.1 Å². The molecule has 4 nitrogen and oxygen atoms in total. The van der Waals surface area contributed by atoms with Crippen LogP contribution in [0.3, 0.4) is 0 Å². The Bertz CT molecular complexity index is 536. The van der Waals surface area contributed by atoms with Crippen molar-refractivity contribution >= 4 is 0 Å². The largest absolute Gasteiger partial charge is 0.468 e. The van der Waals surface area contributed by atoms with Crippen molar-refractivity contribution in [3.05, 3.63) is 47.4 Å². The van der Waals surface area contributed by atoms with Crippen LogP contribution in [0.2, 0.25) is 0 Å². The molecule has 2 aromatic rings. The summed E-state index contributed by atoms with van der Waals surface area (Å²) in [7, 11) is 0. The van der Waals surface area contributed by atoms with Crippen molar-refractivity contribution in [2.24, 2.45) is 0 Å². The van der Waals surface area contributed by atoms with E-state index in [4.69, 9.17) is 4.42 Å². The molecule has 0 bridgehead atoms. The molecule has 0 atom stereocenters. The summed E-state index contributed by atoms with van der Waals surface area (Å²) in [4.78, 5) is 11.3. The lowest BCUT2D eigenvalue weighted by Gasteiger charge is -2.17. The fourth-order valence-corrected chi connectivity index (χ4v) is 2.73. The van der Waals surface area contributed by atoms with Crippen LogP contribution < -0.4 is 0 Å². The first-order valence-electron chi connectivity index (χ1n) is 6.93. The van der Waals surface area contributed by atoms with E-state index in [-0.39, 0.29) is 0 Å². The average Bonchev–Trinajstić information content (AvgIpc) is 2.86. The van der Waals surface area contributed by atoms with Gasteiger partial charge in [0.2, 0.25) is 0 Å². The normalized spacial score (nSPS) is 16.1. The van der Waals surface area contributed by atoms with Crippen molar-refractivity contribution in [2.75, 3.05) is 13.1 Å². The number of hydrogen-bond donors (Lipinski definition) is 0. The Morgan fingerprint density at radius 1 is 1.26 bits per heavy atom. The molecule has 3 rings (SSSR count). The second-order valence-corrected chi connectivity index (χ2v) is 4.95. The Morgan fingerprint density at radius 2 is 2.16 bits per heavy atom. The van der Waals surface area contributed by atoms with Gasteiger partial charge >= 0.3 is 0 Å². The molecule has 19 heavy (non-hydrogen) atoms. The highest BCUT2D eigenvalue weighted by molar-refractivity contribution is 5.26. The lowest BCUT2D eigenvalue weighted by molar-refractivity contribution is 0.255. The molecule has 2 aromatic heterocycles. The molecule has 3 heterocycles. The average molecular weight is 257 g/mol.